The van der Waals surface area contributed by atoms with Gasteiger partial charge in [-0.05, 0) is 17.8 Å². The van der Waals surface area contributed by atoms with E-state index in [1.165, 1.54) is 0 Å². The minimum atomic E-state index is -0.737. The molecule has 1 N–H and O–H groups in total. The van der Waals surface area contributed by atoms with Crippen molar-refractivity contribution < 1.29 is 9.90 Å². The Kier molecular flexibility index (Phi) is 2.06. The zero-order valence-corrected chi connectivity index (χ0v) is 7.42. The van der Waals surface area contributed by atoms with Gasteiger partial charge >= 0.3 is 0 Å². The molecule has 1 aliphatic carbocycles. The summed E-state index contributed by atoms with van der Waals surface area (Å²) in [4.78, 5) is 11.2. The lowest BCUT2D eigenvalue weighted by molar-refractivity contribution is -0.139. The second-order valence-corrected chi connectivity index (χ2v) is 4.37. The van der Waals surface area contributed by atoms with Crippen molar-refractivity contribution in [3.63, 3.8) is 0 Å². The van der Waals surface area contributed by atoms with Crippen LogP contribution in [-0.4, -0.2) is 17.0 Å². The molecule has 0 heterocycles. The quantitative estimate of drug-likeness (QED) is 0.575. The van der Waals surface area contributed by atoms with E-state index in [0.29, 0.717) is 12.3 Å². The number of aliphatic hydroxyl groups excluding tert-OH is 1. The van der Waals surface area contributed by atoms with Crippen LogP contribution >= 0.6 is 0 Å². The maximum Gasteiger partial charge on any atom is 0.162 e. The third kappa shape index (κ3) is 1.62. The first-order valence-corrected chi connectivity index (χ1v) is 4.14. The molecule has 0 saturated heterocycles. The molecule has 0 aliphatic heterocycles. The zero-order chi connectivity index (χ0) is 8.65. The van der Waals surface area contributed by atoms with Crippen LogP contribution in [0.25, 0.3) is 0 Å². The molecule has 1 rings (SSSR count). The van der Waals surface area contributed by atoms with E-state index in [1.54, 1.807) is 0 Å². The highest BCUT2D eigenvalue weighted by Gasteiger charge is 2.39. The second kappa shape index (κ2) is 2.59. The molecule has 0 aromatic heterocycles. The predicted octanol–water partition coefficient (Wildman–Crippen LogP) is 1.37. The molecule has 2 nitrogen and oxygen atoms in total. The van der Waals surface area contributed by atoms with E-state index in [0.717, 1.165) is 6.42 Å². The number of carbonyl (C=O) groups is 1. The summed E-state index contributed by atoms with van der Waals surface area (Å²) in [5, 5.41) is 9.47. The van der Waals surface area contributed by atoms with E-state index in [1.807, 2.05) is 13.8 Å². The first-order valence-electron chi connectivity index (χ1n) is 4.14. The van der Waals surface area contributed by atoms with E-state index in [-0.39, 0.29) is 11.2 Å². The first kappa shape index (κ1) is 8.72. The van der Waals surface area contributed by atoms with Gasteiger partial charge < -0.3 is 5.11 Å². The number of aliphatic hydroxyl groups is 1. The molecule has 0 aromatic rings. The zero-order valence-electron chi connectivity index (χ0n) is 7.42. The number of ketones is 1. The van der Waals surface area contributed by atoms with E-state index in [9.17, 15) is 9.90 Å². The summed E-state index contributed by atoms with van der Waals surface area (Å²) >= 11 is 0. The van der Waals surface area contributed by atoms with Gasteiger partial charge in [0.05, 0.1) is 0 Å². The highest BCUT2D eigenvalue weighted by atomic mass is 16.3. The Balaban J connectivity index is 2.75. The smallest absolute Gasteiger partial charge is 0.162 e. The van der Waals surface area contributed by atoms with E-state index < -0.39 is 6.10 Å². The van der Waals surface area contributed by atoms with Crippen LogP contribution in [0.15, 0.2) is 0 Å². The molecule has 1 fully saturated rings. The number of hydrogen-bond acceptors (Lipinski definition) is 2. The topological polar surface area (TPSA) is 37.3 Å². The number of hydrogen-bond donors (Lipinski definition) is 1. The van der Waals surface area contributed by atoms with Crippen molar-refractivity contribution >= 4 is 5.78 Å². The summed E-state index contributed by atoms with van der Waals surface area (Å²) in [5.41, 5.74) is -0.214. The molecule has 2 atom stereocenters. The van der Waals surface area contributed by atoms with Crippen LogP contribution in [0.3, 0.4) is 0 Å². The Labute approximate surface area is 67.6 Å². The van der Waals surface area contributed by atoms with Crippen molar-refractivity contribution in [2.24, 2.45) is 11.3 Å². The van der Waals surface area contributed by atoms with Gasteiger partial charge in [-0.2, -0.15) is 0 Å². The Hall–Kier alpha value is -0.370. The Morgan fingerprint density at radius 3 is 2.55 bits per heavy atom. The number of rotatable bonds is 0. The van der Waals surface area contributed by atoms with Crippen LogP contribution in [0, 0.1) is 11.3 Å². The van der Waals surface area contributed by atoms with Crippen LogP contribution in [0.2, 0.25) is 0 Å². The monoisotopic (exact) mass is 156 g/mol. The largest absolute Gasteiger partial charge is 0.385 e. The summed E-state index contributed by atoms with van der Waals surface area (Å²) < 4.78 is 0. The van der Waals surface area contributed by atoms with Crippen LogP contribution in [0.5, 0.6) is 0 Å². The van der Waals surface area contributed by atoms with E-state index in [2.05, 4.69) is 6.92 Å². The van der Waals surface area contributed by atoms with Crippen molar-refractivity contribution in [3.05, 3.63) is 0 Å². The molecular formula is C9H16O2. The molecule has 1 aliphatic rings. The summed E-state index contributed by atoms with van der Waals surface area (Å²) in [6.45, 7) is 5.96. The fraction of sp³-hybridized carbons (Fsp3) is 0.889. The van der Waals surface area contributed by atoms with Gasteiger partial charge in [-0.25, -0.2) is 0 Å². The molecule has 0 unspecified atom stereocenters. The molecule has 0 spiro atoms. The van der Waals surface area contributed by atoms with Gasteiger partial charge in [-0.1, -0.05) is 20.8 Å². The molecule has 2 heteroatoms. The van der Waals surface area contributed by atoms with Gasteiger partial charge in [0, 0.05) is 6.42 Å². The summed E-state index contributed by atoms with van der Waals surface area (Å²) in [6.07, 6.45) is 0.753. The second-order valence-electron chi connectivity index (χ2n) is 4.37. The van der Waals surface area contributed by atoms with Gasteiger partial charge in [-0.3, -0.25) is 4.79 Å². The van der Waals surface area contributed by atoms with Crippen LogP contribution < -0.4 is 0 Å². The summed E-state index contributed by atoms with van der Waals surface area (Å²) in [7, 11) is 0. The Morgan fingerprint density at radius 1 is 1.55 bits per heavy atom. The number of Topliss-reactive ketones (excluding diaryl/α,β-unsaturated/α-hetero) is 1. The van der Waals surface area contributed by atoms with E-state index in [4.69, 9.17) is 0 Å². The van der Waals surface area contributed by atoms with Gasteiger partial charge in [0.2, 0.25) is 0 Å². The van der Waals surface area contributed by atoms with E-state index >= 15 is 0 Å². The molecule has 0 bridgehead atoms. The normalized spacial score (nSPS) is 37.3. The molecular weight excluding hydrogens is 140 g/mol. The lowest BCUT2D eigenvalue weighted by Crippen LogP contribution is -2.42. The number of carbonyl (C=O) groups excluding carboxylic acids is 1. The SMILES string of the molecule is C[C@@H]1CC(=O)[C@@H](O)C(C)(C)C1. The van der Waals surface area contributed by atoms with Crippen LogP contribution in [0.4, 0.5) is 0 Å². The lowest BCUT2D eigenvalue weighted by Gasteiger charge is -2.37. The van der Waals surface area contributed by atoms with Gasteiger partial charge in [0.15, 0.2) is 5.78 Å². The van der Waals surface area contributed by atoms with Gasteiger partial charge in [0.1, 0.15) is 6.10 Å². The highest BCUT2D eigenvalue weighted by Crippen LogP contribution is 2.36. The minimum Gasteiger partial charge on any atom is -0.385 e. The third-order valence-corrected chi connectivity index (χ3v) is 2.47. The summed E-state index contributed by atoms with van der Waals surface area (Å²) in [6, 6.07) is 0. The maximum atomic E-state index is 11.2. The first-order chi connectivity index (χ1) is 4.93. The van der Waals surface area contributed by atoms with Crippen molar-refractivity contribution in [1.82, 2.24) is 0 Å². The average molecular weight is 156 g/mol. The maximum absolute atomic E-state index is 11.2. The van der Waals surface area contributed by atoms with Crippen LogP contribution in [-0.2, 0) is 4.79 Å². The molecule has 64 valence electrons. The van der Waals surface area contributed by atoms with Gasteiger partial charge in [0.25, 0.3) is 0 Å². The average Bonchev–Trinajstić information content (AvgIpc) is 1.81. The minimum absolute atomic E-state index is 0.00810. The van der Waals surface area contributed by atoms with Crippen molar-refractivity contribution in [2.75, 3.05) is 0 Å². The molecule has 1 saturated carbocycles. The molecule has 0 aromatic carbocycles. The molecule has 0 amide bonds. The Bertz CT molecular complexity index is 172. The standard InChI is InChI=1S/C9H16O2/c1-6-4-7(10)8(11)9(2,3)5-6/h6,8,11H,4-5H2,1-3H3/t6-,8-/m1/s1. The van der Waals surface area contributed by atoms with Crippen LogP contribution in [0.1, 0.15) is 33.6 Å². The predicted molar refractivity (Wildman–Crippen MR) is 43.2 cm³/mol. The molecule has 11 heavy (non-hydrogen) atoms. The molecule has 0 radical (unpaired) electrons. The third-order valence-electron chi connectivity index (χ3n) is 2.47. The lowest BCUT2D eigenvalue weighted by atomic mass is 9.70. The van der Waals surface area contributed by atoms with Gasteiger partial charge in [-0.15, -0.1) is 0 Å². The fourth-order valence-corrected chi connectivity index (χ4v) is 1.97. The van der Waals surface area contributed by atoms with Crippen molar-refractivity contribution in [3.8, 4) is 0 Å². The summed E-state index contributed by atoms with van der Waals surface area (Å²) in [5.74, 6) is 0.439. The van der Waals surface area contributed by atoms with Crippen molar-refractivity contribution in [1.29, 1.82) is 0 Å². The Morgan fingerprint density at radius 2 is 2.09 bits per heavy atom. The fourth-order valence-electron chi connectivity index (χ4n) is 1.97. The highest BCUT2D eigenvalue weighted by molar-refractivity contribution is 5.84. The van der Waals surface area contributed by atoms with Crippen molar-refractivity contribution in [2.45, 2.75) is 39.7 Å².